The van der Waals surface area contributed by atoms with E-state index in [2.05, 4.69) is 10.3 Å². The number of fused-ring (bicyclic) bond motifs is 1. The van der Waals surface area contributed by atoms with E-state index in [-0.39, 0.29) is 11.5 Å². The number of methoxy groups -OCH3 is 2. The Balaban J connectivity index is 2.88. The molecule has 0 atom stereocenters. The number of hydrogen-bond donors (Lipinski definition) is 2. The monoisotopic (exact) mass is 332 g/mol. The molecule has 2 aromatic rings. The van der Waals surface area contributed by atoms with E-state index in [9.17, 15) is 9.59 Å². The number of anilines is 1. The van der Waals surface area contributed by atoms with Crippen LogP contribution in [0.15, 0.2) is 10.9 Å². The summed E-state index contributed by atoms with van der Waals surface area (Å²) in [7, 11) is 3.07. The number of aryl methyl sites for hydroxylation is 1. The predicted octanol–water partition coefficient (Wildman–Crippen LogP) is 3.15. The smallest absolute Gasteiger partial charge is 0.248 e. The van der Waals surface area contributed by atoms with Crippen molar-refractivity contribution in [3.05, 3.63) is 27.5 Å². The molecular formula is C18H24N2O4. The van der Waals surface area contributed by atoms with Crippen LogP contribution in [0, 0.1) is 19.3 Å². The summed E-state index contributed by atoms with van der Waals surface area (Å²) in [5.41, 5.74) is 1.78. The molecule has 1 aromatic heterocycles. The Hall–Kier alpha value is -2.50. The summed E-state index contributed by atoms with van der Waals surface area (Å²) in [5, 5.41) is 3.65. The highest BCUT2D eigenvalue weighted by Crippen LogP contribution is 2.44. The fraction of sp³-hybridized carbons (Fsp3) is 0.444. The van der Waals surface area contributed by atoms with Crippen LogP contribution in [-0.2, 0) is 4.79 Å². The zero-order valence-corrected chi connectivity index (χ0v) is 15.2. The number of carbonyl (C=O) groups is 1. The van der Waals surface area contributed by atoms with Gasteiger partial charge < -0.3 is 19.8 Å². The lowest BCUT2D eigenvalue weighted by molar-refractivity contribution is -0.123. The summed E-state index contributed by atoms with van der Waals surface area (Å²) in [6, 6.07) is 1.50. The van der Waals surface area contributed by atoms with Crippen LogP contribution in [0.4, 0.5) is 5.69 Å². The summed E-state index contributed by atoms with van der Waals surface area (Å²) in [6.07, 6.45) is 0. The first-order chi connectivity index (χ1) is 11.1. The number of nitrogens with one attached hydrogen (secondary N) is 2. The van der Waals surface area contributed by atoms with Gasteiger partial charge in [0, 0.05) is 22.4 Å². The van der Waals surface area contributed by atoms with Gasteiger partial charge in [-0.15, -0.1) is 0 Å². The molecule has 0 bridgehead atoms. The Morgan fingerprint density at radius 2 is 1.71 bits per heavy atom. The van der Waals surface area contributed by atoms with Gasteiger partial charge in [-0.1, -0.05) is 20.8 Å². The molecule has 1 amide bonds. The second kappa shape index (κ2) is 6.19. The van der Waals surface area contributed by atoms with Crippen LogP contribution in [0.2, 0.25) is 0 Å². The van der Waals surface area contributed by atoms with Gasteiger partial charge in [-0.3, -0.25) is 9.59 Å². The lowest BCUT2D eigenvalue weighted by Gasteiger charge is -2.23. The van der Waals surface area contributed by atoms with Gasteiger partial charge >= 0.3 is 0 Å². The number of carbonyl (C=O) groups excluding carboxylic acids is 1. The van der Waals surface area contributed by atoms with Crippen molar-refractivity contribution in [1.82, 2.24) is 4.98 Å². The Morgan fingerprint density at radius 3 is 2.21 bits per heavy atom. The van der Waals surface area contributed by atoms with E-state index in [0.717, 1.165) is 5.56 Å². The predicted molar refractivity (Wildman–Crippen MR) is 95.2 cm³/mol. The van der Waals surface area contributed by atoms with Gasteiger partial charge in [-0.25, -0.2) is 0 Å². The first-order valence-electron chi connectivity index (χ1n) is 7.71. The maximum atomic E-state index is 12.5. The zero-order valence-electron chi connectivity index (χ0n) is 15.2. The molecule has 0 spiro atoms. The van der Waals surface area contributed by atoms with Gasteiger partial charge in [0.05, 0.1) is 25.4 Å². The number of hydrogen-bond acceptors (Lipinski definition) is 4. The van der Waals surface area contributed by atoms with Crippen LogP contribution in [-0.4, -0.2) is 25.1 Å². The van der Waals surface area contributed by atoms with Crippen molar-refractivity contribution in [2.45, 2.75) is 34.6 Å². The largest absolute Gasteiger partial charge is 0.494 e. The number of H-pyrrole nitrogens is 1. The summed E-state index contributed by atoms with van der Waals surface area (Å²) >= 11 is 0. The minimum Gasteiger partial charge on any atom is -0.494 e. The highest BCUT2D eigenvalue weighted by Gasteiger charge is 2.26. The van der Waals surface area contributed by atoms with Crippen LogP contribution >= 0.6 is 0 Å². The molecule has 2 N–H and O–H groups in total. The van der Waals surface area contributed by atoms with E-state index in [4.69, 9.17) is 9.47 Å². The highest BCUT2D eigenvalue weighted by molar-refractivity contribution is 6.05. The number of pyridine rings is 1. The van der Waals surface area contributed by atoms with Gasteiger partial charge in [0.2, 0.25) is 11.5 Å². The molecule has 0 aliphatic carbocycles. The van der Waals surface area contributed by atoms with E-state index in [1.54, 1.807) is 0 Å². The third kappa shape index (κ3) is 2.96. The van der Waals surface area contributed by atoms with E-state index in [1.165, 1.54) is 20.3 Å². The van der Waals surface area contributed by atoms with Crippen molar-refractivity contribution in [2.24, 2.45) is 5.41 Å². The van der Waals surface area contributed by atoms with E-state index >= 15 is 0 Å². The van der Waals surface area contributed by atoms with Crippen LogP contribution in [0.5, 0.6) is 11.5 Å². The topological polar surface area (TPSA) is 80.4 Å². The zero-order chi connectivity index (χ0) is 18.2. The number of amides is 1. The molecule has 6 nitrogen and oxygen atoms in total. The van der Waals surface area contributed by atoms with Crippen molar-refractivity contribution >= 4 is 22.5 Å². The van der Waals surface area contributed by atoms with Crippen molar-refractivity contribution in [2.75, 3.05) is 19.5 Å². The molecule has 0 unspecified atom stereocenters. The second-order valence-electron chi connectivity index (χ2n) is 6.84. The SMILES string of the molecule is COc1c(C)c(NC(=O)C(C)(C)C)c(OC)c2c(C)cc(=O)[nH]c12. The van der Waals surface area contributed by atoms with E-state index in [0.29, 0.717) is 33.7 Å². The van der Waals surface area contributed by atoms with E-state index < -0.39 is 5.41 Å². The Morgan fingerprint density at radius 1 is 1.12 bits per heavy atom. The van der Waals surface area contributed by atoms with Crippen LogP contribution in [0.25, 0.3) is 10.9 Å². The molecule has 0 saturated carbocycles. The summed E-state index contributed by atoms with van der Waals surface area (Å²) < 4.78 is 11.1. The molecule has 130 valence electrons. The van der Waals surface area contributed by atoms with Crippen molar-refractivity contribution < 1.29 is 14.3 Å². The quantitative estimate of drug-likeness (QED) is 0.905. The molecular weight excluding hydrogens is 308 g/mol. The number of rotatable bonds is 3. The van der Waals surface area contributed by atoms with Crippen molar-refractivity contribution in [1.29, 1.82) is 0 Å². The molecule has 0 aliphatic rings. The fourth-order valence-corrected chi connectivity index (χ4v) is 2.66. The summed E-state index contributed by atoms with van der Waals surface area (Å²) in [4.78, 5) is 27.1. The normalized spacial score (nSPS) is 11.5. The second-order valence-corrected chi connectivity index (χ2v) is 6.84. The molecule has 0 fully saturated rings. The van der Waals surface area contributed by atoms with Crippen molar-refractivity contribution in [3.63, 3.8) is 0 Å². The molecule has 1 heterocycles. The Labute approximate surface area is 141 Å². The Kier molecular flexibility index (Phi) is 4.60. The lowest BCUT2D eigenvalue weighted by atomic mass is 9.95. The lowest BCUT2D eigenvalue weighted by Crippen LogP contribution is -2.28. The number of aromatic amines is 1. The van der Waals surface area contributed by atoms with Gasteiger partial charge in [-0.2, -0.15) is 0 Å². The highest BCUT2D eigenvalue weighted by atomic mass is 16.5. The first-order valence-corrected chi connectivity index (χ1v) is 7.71. The van der Waals surface area contributed by atoms with Crippen LogP contribution in [0.3, 0.4) is 0 Å². The maximum absolute atomic E-state index is 12.5. The first kappa shape index (κ1) is 17.8. The number of ether oxygens (including phenoxy) is 2. The van der Waals surface area contributed by atoms with Crippen molar-refractivity contribution in [3.8, 4) is 11.5 Å². The van der Waals surface area contributed by atoms with Gasteiger partial charge in [0.15, 0.2) is 5.75 Å². The molecule has 0 aliphatic heterocycles. The molecule has 1 aromatic carbocycles. The fourth-order valence-electron chi connectivity index (χ4n) is 2.66. The third-order valence-electron chi connectivity index (χ3n) is 3.96. The van der Waals surface area contributed by atoms with Crippen LogP contribution < -0.4 is 20.3 Å². The van der Waals surface area contributed by atoms with Gasteiger partial charge in [0.1, 0.15) is 5.75 Å². The standard InChI is InChI=1S/C18H24N2O4/c1-9-8-11(21)19-14-12(9)16(24-7)13(10(2)15(14)23-6)20-17(22)18(3,4)5/h8H,1-7H3,(H,19,21)(H,20,22). The average molecular weight is 332 g/mol. The molecule has 24 heavy (non-hydrogen) atoms. The van der Waals surface area contributed by atoms with E-state index in [1.807, 2.05) is 34.6 Å². The minimum absolute atomic E-state index is 0.132. The Bertz CT molecular complexity index is 860. The molecule has 0 saturated heterocycles. The van der Waals surface area contributed by atoms with Gasteiger partial charge in [-0.05, 0) is 19.4 Å². The minimum atomic E-state index is -0.556. The third-order valence-corrected chi connectivity index (χ3v) is 3.96. The number of benzene rings is 1. The molecule has 0 radical (unpaired) electrons. The van der Waals surface area contributed by atoms with Gasteiger partial charge in [0.25, 0.3) is 0 Å². The average Bonchev–Trinajstić information content (AvgIpc) is 2.47. The summed E-state index contributed by atoms with van der Waals surface area (Å²) in [6.45, 7) is 9.16. The molecule has 2 rings (SSSR count). The molecule has 6 heteroatoms. The van der Waals surface area contributed by atoms with Crippen LogP contribution in [0.1, 0.15) is 31.9 Å². The number of aromatic nitrogens is 1. The maximum Gasteiger partial charge on any atom is 0.248 e. The summed E-state index contributed by atoms with van der Waals surface area (Å²) in [5.74, 6) is 0.887.